The van der Waals surface area contributed by atoms with Gasteiger partial charge in [0.05, 0.1) is 0 Å². The van der Waals surface area contributed by atoms with Crippen molar-refractivity contribution >= 4 is 0 Å². The van der Waals surface area contributed by atoms with Gasteiger partial charge in [-0.25, -0.2) is 9.13 Å². The molecule has 0 spiro atoms. The van der Waals surface area contributed by atoms with Crippen LogP contribution >= 0.6 is 0 Å². The summed E-state index contributed by atoms with van der Waals surface area (Å²) in [5.41, 5.74) is 2.61. The second-order valence-electron chi connectivity index (χ2n) is 6.77. The molecule has 2 nitrogen and oxygen atoms in total. The Morgan fingerprint density at radius 3 is 1.19 bits per heavy atom. The van der Waals surface area contributed by atoms with Gasteiger partial charge in [0.15, 0.2) is 24.8 Å². The summed E-state index contributed by atoms with van der Waals surface area (Å²) in [6.45, 7) is 6.78. The van der Waals surface area contributed by atoms with Crippen molar-refractivity contribution in [1.82, 2.24) is 0 Å². The van der Waals surface area contributed by atoms with E-state index in [-0.39, 0.29) is 34.0 Å². The SMILES string of the molecule is CCCCCC[n+]1ccc(-c2cc[n+](CCCCCC)cc2)cc1.[Br-].[Br-]. The molecule has 26 heavy (non-hydrogen) atoms. The summed E-state index contributed by atoms with van der Waals surface area (Å²) in [6.07, 6.45) is 19.4. The molecule has 0 N–H and O–H groups in total. The second kappa shape index (κ2) is 15.3. The van der Waals surface area contributed by atoms with Gasteiger partial charge in [-0.05, 0) is 24.0 Å². The lowest BCUT2D eigenvalue weighted by atomic mass is 10.1. The Morgan fingerprint density at radius 1 is 0.538 bits per heavy atom. The molecule has 0 aliphatic carbocycles. The van der Waals surface area contributed by atoms with Crippen molar-refractivity contribution in [1.29, 1.82) is 0 Å². The molecule has 0 saturated carbocycles. The highest BCUT2D eigenvalue weighted by atomic mass is 79.9. The Morgan fingerprint density at radius 2 is 0.885 bits per heavy atom. The molecule has 0 atom stereocenters. The summed E-state index contributed by atoms with van der Waals surface area (Å²) < 4.78 is 4.60. The average molecular weight is 486 g/mol. The minimum Gasteiger partial charge on any atom is -1.00 e. The molecule has 0 amide bonds. The van der Waals surface area contributed by atoms with E-state index in [1.54, 1.807) is 0 Å². The third-order valence-corrected chi connectivity index (χ3v) is 4.66. The van der Waals surface area contributed by atoms with Crippen LogP contribution in [0.3, 0.4) is 0 Å². The maximum absolute atomic E-state index is 2.30. The van der Waals surface area contributed by atoms with E-state index in [0.717, 1.165) is 13.1 Å². The van der Waals surface area contributed by atoms with Gasteiger partial charge < -0.3 is 34.0 Å². The highest BCUT2D eigenvalue weighted by molar-refractivity contribution is 5.60. The molecule has 0 unspecified atom stereocenters. The van der Waals surface area contributed by atoms with Crippen molar-refractivity contribution in [3.8, 4) is 11.1 Å². The van der Waals surface area contributed by atoms with Crippen LogP contribution in [0.25, 0.3) is 11.1 Å². The number of halogens is 2. The maximum atomic E-state index is 2.30. The molecule has 0 aromatic carbocycles. The maximum Gasteiger partial charge on any atom is 0.169 e. The molecule has 2 heterocycles. The molecule has 2 aromatic rings. The average Bonchev–Trinajstić information content (AvgIpc) is 2.64. The first-order valence-electron chi connectivity index (χ1n) is 9.82. The molecule has 0 saturated heterocycles. The number of pyridine rings is 2. The zero-order chi connectivity index (χ0) is 17.0. The van der Waals surface area contributed by atoms with E-state index in [9.17, 15) is 0 Å². The van der Waals surface area contributed by atoms with Crippen molar-refractivity contribution in [3.63, 3.8) is 0 Å². The molecule has 0 radical (unpaired) electrons. The molecule has 2 aromatic heterocycles. The van der Waals surface area contributed by atoms with Crippen molar-refractivity contribution in [2.45, 2.75) is 78.3 Å². The number of aryl methyl sites for hydroxylation is 2. The molecular weight excluding hydrogens is 452 g/mol. The van der Waals surface area contributed by atoms with Gasteiger partial charge in [-0.1, -0.05) is 39.5 Å². The summed E-state index contributed by atoms with van der Waals surface area (Å²) >= 11 is 0. The first-order valence-corrected chi connectivity index (χ1v) is 9.82. The quantitative estimate of drug-likeness (QED) is 0.288. The largest absolute Gasteiger partial charge is 1.00 e. The van der Waals surface area contributed by atoms with Crippen LogP contribution in [-0.2, 0) is 13.1 Å². The van der Waals surface area contributed by atoms with Crippen molar-refractivity contribution in [2.75, 3.05) is 0 Å². The fourth-order valence-electron chi connectivity index (χ4n) is 3.04. The van der Waals surface area contributed by atoms with E-state index in [1.807, 2.05) is 0 Å². The van der Waals surface area contributed by atoms with Crippen LogP contribution in [0.4, 0.5) is 0 Å². The van der Waals surface area contributed by atoms with Gasteiger partial charge in [-0.3, -0.25) is 0 Å². The van der Waals surface area contributed by atoms with E-state index in [4.69, 9.17) is 0 Å². The minimum atomic E-state index is 0. The molecule has 0 aliphatic rings. The number of rotatable bonds is 11. The summed E-state index contributed by atoms with van der Waals surface area (Å²) in [6, 6.07) is 8.95. The van der Waals surface area contributed by atoms with E-state index in [0.29, 0.717) is 0 Å². The van der Waals surface area contributed by atoms with E-state index < -0.39 is 0 Å². The van der Waals surface area contributed by atoms with E-state index in [1.165, 1.54) is 62.5 Å². The molecule has 2 rings (SSSR count). The lowest BCUT2D eigenvalue weighted by Crippen LogP contribution is -3.00. The molecule has 0 fully saturated rings. The van der Waals surface area contributed by atoms with Gasteiger partial charge in [0.2, 0.25) is 0 Å². The topological polar surface area (TPSA) is 7.76 Å². The summed E-state index contributed by atoms with van der Waals surface area (Å²) in [7, 11) is 0. The number of hydrogen-bond acceptors (Lipinski definition) is 0. The Balaban J connectivity index is 0.00000312. The molecular formula is C22H34Br2N2. The van der Waals surface area contributed by atoms with Gasteiger partial charge in [-0.2, -0.15) is 0 Å². The first-order chi connectivity index (χ1) is 11.8. The number of unbranched alkanes of at least 4 members (excludes halogenated alkanes) is 6. The van der Waals surface area contributed by atoms with Crippen molar-refractivity contribution in [2.24, 2.45) is 0 Å². The predicted octanol–water partition coefficient (Wildman–Crippen LogP) is -0.903. The number of aromatic nitrogens is 2. The van der Waals surface area contributed by atoms with Gasteiger partial charge in [0, 0.05) is 37.1 Å². The Hall–Kier alpha value is -0.740. The zero-order valence-electron chi connectivity index (χ0n) is 16.3. The third-order valence-electron chi connectivity index (χ3n) is 4.66. The lowest BCUT2D eigenvalue weighted by molar-refractivity contribution is -0.697. The Kier molecular flexibility index (Phi) is 14.9. The summed E-state index contributed by atoms with van der Waals surface area (Å²) in [4.78, 5) is 0. The van der Waals surface area contributed by atoms with E-state index in [2.05, 4.69) is 72.0 Å². The smallest absolute Gasteiger partial charge is 0.169 e. The van der Waals surface area contributed by atoms with Gasteiger partial charge in [-0.15, -0.1) is 0 Å². The monoisotopic (exact) mass is 484 g/mol. The summed E-state index contributed by atoms with van der Waals surface area (Å²) in [5, 5.41) is 0. The molecule has 0 bridgehead atoms. The van der Waals surface area contributed by atoms with Crippen LogP contribution in [0.5, 0.6) is 0 Å². The Labute approximate surface area is 181 Å². The van der Waals surface area contributed by atoms with Crippen molar-refractivity contribution < 1.29 is 43.1 Å². The molecule has 0 aliphatic heterocycles. The molecule has 4 heteroatoms. The van der Waals surface area contributed by atoms with Crippen LogP contribution in [0.2, 0.25) is 0 Å². The fourth-order valence-corrected chi connectivity index (χ4v) is 3.04. The molecule has 146 valence electrons. The van der Waals surface area contributed by atoms with Gasteiger partial charge >= 0.3 is 0 Å². The Bertz CT molecular complexity index is 514. The van der Waals surface area contributed by atoms with Gasteiger partial charge in [0.1, 0.15) is 13.1 Å². The minimum absolute atomic E-state index is 0. The highest BCUT2D eigenvalue weighted by Gasteiger charge is 2.05. The third kappa shape index (κ3) is 9.27. The van der Waals surface area contributed by atoms with E-state index >= 15 is 0 Å². The van der Waals surface area contributed by atoms with Crippen LogP contribution < -0.4 is 43.1 Å². The zero-order valence-corrected chi connectivity index (χ0v) is 19.5. The first kappa shape index (κ1) is 25.3. The van der Waals surface area contributed by atoms with Gasteiger partial charge in [0.25, 0.3) is 0 Å². The number of nitrogens with zero attached hydrogens (tertiary/aromatic N) is 2. The lowest BCUT2D eigenvalue weighted by Gasteiger charge is -2.02. The fraction of sp³-hybridized carbons (Fsp3) is 0.545. The normalized spacial score (nSPS) is 10.1. The second-order valence-corrected chi connectivity index (χ2v) is 6.77. The van der Waals surface area contributed by atoms with Crippen LogP contribution in [-0.4, -0.2) is 0 Å². The van der Waals surface area contributed by atoms with Crippen molar-refractivity contribution in [3.05, 3.63) is 49.1 Å². The van der Waals surface area contributed by atoms with Crippen LogP contribution in [0.15, 0.2) is 49.1 Å². The van der Waals surface area contributed by atoms with Crippen LogP contribution in [0.1, 0.15) is 65.2 Å². The predicted molar refractivity (Wildman–Crippen MR) is 101 cm³/mol. The standard InChI is InChI=1S/C22H34N2.2BrH/c1-3-5-7-9-15-23-17-11-21(12-18-23)22-13-19-24(20-14-22)16-10-8-6-4-2;;/h11-14,17-20H,3-10,15-16H2,1-2H3;2*1H/q+2;;/p-2. The van der Waals surface area contributed by atoms with Crippen LogP contribution in [0, 0.1) is 0 Å². The highest BCUT2D eigenvalue weighted by Crippen LogP contribution is 2.15. The number of hydrogen-bond donors (Lipinski definition) is 0. The summed E-state index contributed by atoms with van der Waals surface area (Å²) in [5.74, 6) is 0.